The highest BCUT2D eigenvalue weighted by Gasteiger charge is 2.32. The van der Waals surface area contributed by atoms with Crippen LogP contribution in [0.3, 0.4) is 0 Å². The topological polar surface area (TPSA) is 53.0 Å². The minimum absolute atomic E-state index is 0.136. The van der Waals surface area contributed by atoms with Gasteiger partial charge < -0.3 is 14.7 Å². The molecule has 2 heterocycles. The molecule has 5 nitrogen and oxygen atoms in total. The normalized spacial score (nSPS) is 27.4. The second-order valence-corrected chi connectivity index (χ2v) is 5.11. The van der Waals surface area contributed by atoms with Gasteiger partial charge in [-0.15, -0.1) is 0 Å². The van der Waals surface area contributed by atoms with Crippen LogP contribution in [0.5, 0.6) is 0 Å². The summed E-state index contributed by atoms with van der Waals surface area (Å²) >= 11 is 0. The van der Waals surface area contributed by atoms with Crippen molar-refractivity contribution in [3.8, 4) is 0 Å². The summed E-state index contributed by atoms with van der Waals surface area (Å²) in [5.41, 5.74) is 0. The molecule has 0 unspecified atom stereocenters. The van der Waals surface area contributed by atoms with Crippen molar-refractivity contribution in [1.29, 1.82) is 0 Å². The molecule has 0 radical (unpaired) electrons. The van der Waals surface area contributed by atoms with Gasteiger partial charge in [0, 0.05) is 32.1 Å². The zero-order valence-corrected chi connectivity index (χ0v) is 11.2. The molecule has 2 aliphatic heterocycles. The largest absolute Gasteiger partial charge is 0.395 e. The third kappa shape index (κ3) is 3.02. The van der Waals surface area contributed by atoms with Gasteiger partial charge in [-0.3, -0.25) is 9.69 Å². The maximum atomic E-state index is 11.6. The minimum atomic E-state index is 0.136. The van der Waals surface area contributed by atoms with Gasteiger partial charge in [0.1, 0.15) is 0 Å². The number of nitrogens with zero attached hydrogens (tertiary/aromatic N) is 2. The van der Waals surface area contributed by atoms with Crippen molar-refractivity contribution in [1.82, 2.24) is 9.80 Å². The smallest absolute Gasteiger partial charge is 0.222 e. The van der Waals surface area contributed by atoms with Gasteiger partial charge in [-0.1, -0.05) is 6.92 Å². The highest BCUT2D eigenvalue weighted by molar-refractivity contribution is 5.75. The van der Waals surface area contributed by atoms with E-state index in [1.807, 2.05) is 11.8 Å². The maximum absolute atomic E-state index is 11.6. The molecule has 0 aliphatic carbocycles. The second-order valence-electron chi connectivity index (χ2n) is 5.11. The Balaban J connectivity index is 1.86. The van der Waals surface area contributed by atoms with E-state index in [1.165, 1.54) is 0 Å². The molecule has 0 aromatic heterocycles. The Morgan fingerprint density at radius 3 is 2.67 bits per heavy atom. The predicted molar refractivity (Wildman–Crippen MR) is 68.3 cm³/mol. The molecule has 0 bridgehead atoms. The lowest BCUT2D eigenvalue weighted by atomic mass is 10.0. The summed E-state index contributed by atoms with van der Waals surface area (Å²) in [6.45, 7) is 6.07. The van der Waals surface area contributed by atoms with Crippen LogP contribution in [0.15, 0.2) is 0 Å². The van der Waals surface area contributed by atoms with Crippen LogP contribution in [-0.2, 0) is 9.53 Å². The molecule has 0 spiro atoms. The molecule has 0 saturated carbocycles. The number of piperidine rings is 1. The van der Waals surface area contributed by atoms with E-state index in [0.717, 1.165) is 39.1 Å². The van der Waals surface area contributed by atoms with Crippen molar-refractivity contribution in [2.75, 3.05) is 39.5 Å². The van der Waals surface area contributed by atoms with Gasteiger partial charge in [0.15, 0.2) is 0 Å². The Kier molecular flexibility index (Phi) is 4.97. The van der Waals surface area contributed by atoms with Gasteiger partial charge in [0.2, 0.25) is 5.91 Å². The van der Waals surface area contributed by atoms with Crippen molar-refractivity contribution in [2.45, 2.75) is 38.3 Å². The Morgan fingerprint density at radius 1 is 1.33 bits per heavy atom. The predicted octanol–water partition coefficient (Wildman–Crippen LogP) is 0.0805. The van der Waals surface area contributed by atoms with Gasteiger partial charge in [0.25, 0.3) is 0 Å². The number of rotatable bonds is 3. The van der Waals surface area contributed by atoms with E-state index in [2.05, 4.69) is 4.90 Å². The van der Waals surface area contributed by atoms with Crippen molar-refractivity contribution in [3.63, 3.8) is 0 Å². The zero-order chi connectivity index (χ0) is 13.0. The molecule has 1 amide bonds. The molecule has 2 aliphatic rings. The Bertz CT molecular complexity index is 277. The van der Waals surface area contributed by atoms with E-state index in [0.29, 0.717) is 19.1 Å². The summed E-state index contributed by atoms with van der Waals surface area (Å²) < 4.78 is 5.40. The maximum Gasteiger partial charge on any atom is 0.222 e. The number of aliphatic hydroxyl groups is 1. The first-order valence-corrected chi connectivity index (χ1v) is 6.98. The molecule has 5 heteroatoms. The van der Waals surface area contributed by atoms with E-state index in [9.17, 15) is 9.90 Å². The van der Waals surface area contributed by atoms with E-state index in [1.54, 1.807) is 0 Å². The summed E-state index contributed by atoms with van der Waals surface area (Å²) in [5.74, 6) is 0.258. The number of carbonyl (C=O) groups is 1. The number of likely N-dealkylation sites (tertiary alicyclic amines) is 1. The van der Waals surface area contributed by atoms with E-state index in [4.69, 9.17) is 4.74 Å². The highest BCUT2D eigenvalue weighted by Crippen LogP contribution is 2.21. The number of aliphatic hydroxyl groups excluding tert-OH is 1. The number of ether oxygens (including phenoxy) is 1. The molecule has 2 rings (SSSR count). The van der Waals surface area contributed by atoms with Gasteiger partial charge in [0.05, 0.1) is 25.9 Å². The number of hydrogen-bond acceptors (Lipinski definition) is 4. The van der Waals surface area contributed by atoms with Gasteiger partial charge >= 0.3 is 0 Å². The minimum Gasteiger partial charge on any atom is -0.395 e. The molecule has 104 valence electrons. The third-order valence-electron chi connectivity index (χ3n) is 4.07. The molecule has 1 N–H and O–H groups in total. The summed E-state index contributed by atoms with van der Waals surface area (Å²) in [6, 6.07) is 0.629. The lowest BCUT2D eigenvalue weighted by molar-refractivity contribution is -0.133. The Morgan fingerprint density at radius 2 is 2.06 bits per heavy atom. The second kappa shape index (κ2) is 6.50. The van der Waals surface area contributed by atoms with Crippen LogP contribution in [0.4, 0.5) is 0 Å². The number of hydrogen-bond donors (Lipinski definition) is 1. The lowest BCUT2D eigenvalue weighted by Gasteiger charge is -2.43. The summed E-state index contributed by atoms with van der Waals surface area (Å²) in [4.78, 5) is 16.0. The molecule has 0 aromatic carbocycles. The number of morpholine rings is 1. The standard InChI is InChI=1S/C13H24N2O3/c1-2-13(17)14-5-3-11(4-6-14)15-7-8-18-10-12(15)9-16/h11-12,16H,2-10H2,1H3/t12-/m1/s1. The highest BCUT2D eigenvalue weighted by atomic mass is 16.5. The molecule has 2 saturated heterocycles. The fourth-order valence-electron chi connectivity index (χ4n) is 2.98. The zero-order valence-electron chi connectivity index (χ0n) is 11.2. The Labute approximate surface area is 109 Å². The van der Waals surface area contributed by atoms with Crippen LogP contribution in [-0.4, -0.2) is 72.4 Å². The van der Waals surface area contributed by atoms with E-state index >= 15 is 0 Å². The fourth-order valence-corrected chi connectivity index (χ4v) is 2.98. The first-order valence-electron chi connectivity index (χ1n) is 6.98. The van der Waals surface area contributed by atoms with Gasteiger partial charge in [-0.05, 0) is 12.8 Å². The molecule has 2 fully saturated rings. The van der Waals surface area contributed by atoms with Gasteiger partial charge in [-0.25, -0.2) is 0 Å². The van der Waals surface area contributed by atoms with Crippen LogP contribution in [0.1, 0.15) is 26.2 Å². The first-order chi connectivity index (χ1) is 8.76. The molecular weight excluding hydrogens is 232 g/mol. The van der Waals surface area contributed by atoms with Crippen molar-refractivity contribution in [3.05, 3.63) is 0 Å². The summed E-state index contributed by atoms with van der Waals surface area (Å²) in [7, 11) is 0. The molecule has 0 aromatic rings. The Hall–Kier alpha value is -0.650. The van der Waals surface area contributed by atoms with E-state index in [-0.39, 0.29) is 18.6 Å². The van der Waals surface area contributed by atoms with Crippen LogP contribution in [0.25, 0.3) is 0 Å². The summed E-state index contributed by atoms with van der Waals surface area (Å²) in [6.07, 6.45) is 2.63. The average molecular weight is 256 g/mol. The van der Waals surface area contributed by atoms with Crippen molar-refractivity contribution < 1.29 is 14.6 Å². The molecular formula is C13H24N2O3. The van der Waals surface area contributed by atoms with Crippen LogP contribution >= 0.6 is 0 Å². The quantitative estimate of drug-likeness (QED) is 0.777. The van der Waals surface area contributed by atoms with Crippen LogP contribution < -0.4 is 0 Å². The fraction of sp³-hybridized carbons (Fsp3) is 0.923. The third-order valence-corrected chi connectivity index (χ3v) is 4.07. The van der Waals surface area contributed by atoms with Gasteiger partial charge in [-0.2, -0.15) is 0 Å². The average Bonchev–Trinajstić information content (AvgIpc) is 2.46. The number of amides is 1. The van der Waals surface area contributed by atoms with Crippen LogP contribution in [0, 0.1) is 0 Å². The number of carbonyl (C=O) groups excluding carboxylic acids is 1. The molecule has 1 atom stereocenters. The monoisotopic (exact) mass is 256 g/mol. The summed E-state index contributed by atoms with van der Waals surface area (Å²) in [5, 5.41) is 9.38. The lowest BCUT2D eigenvalue weighted by Crippen LogP contribution is -2.55. The van der Waals surface area contributed by atoms with E-state index < -0.39 is 0 Å². The molecule has 18 heavy (non-hydrogen) atoms. The van der Waals surface area contributed by atoms with Crippen molar-refractivity contribution >= 4 is 5.91 Å². The first kappa shape index (κ1) is 13.8. The van der Waals surface area contributed by atoms with Crippen molar-refractivity contribution in [2.24, 2.45) is 0 Å². The SMILES string of the molecule is CCC(=O)N1CCC(N2CCOC[C@H]2CO)CC1. The van der Waals surface area contributed by atoms with Crippen LogP contribution in [0.2, 0.25) is 0 Å².